The van der Waals surface area contributed by atoms with Gasteiger partial charge in [-0.2, -0.15) is 5.10 Å². The van der Waals surface area contributed by atoms with Crippen molar-refractivity contribution >= 4 is 56.3 Å². The summed E-state index contributed by atoms with van der Waals surface area (Å²) in [6.45, 7) is 0.952. The second-order valence-electron chi connectivity index (χ2n) is 5.67. The van der Waals surface area contributed by atoms with Crippen LogP contribution in [0.15, 0.2) is 34.1 Å². The van der Waals surface area contributed by atoms with Gasteiger partial charge in [-0.15, -0.1) is 11.3 Å². The van der Waals surface area contributed by atoms with Gasteiger partial charge < -0.3 is 5.32 Å². The molecule has 24 heavy (non-hydrogen) atoms. The van der Waals surface area contributed by atoms with Crippen LogP contribution in [0.25, 0.3) is 16.3 Å². The van der Waals surface area contributed by atoms with Crippen LogP contribution in [0.4, 0.5) is 5.82 Å². The molecule has 3 heterocycles. The Hall–Kier alpha value is -1.01. The molecule has 124 valence electrons. The fourth-order valence-electron chi connectivity index (χ4n) is 2.95. The minimum Gasteiger partial charge on any atom is -0.370 e. The summed E-state index contributed by atoms with van der Waals surface area (Å²) in [5.74, 6) is 1.06. The van der Waals surface area contributed by atoms with Gasteiger partial charge in [-0.3, -0.25) is 0 Å². The highest BCUT2D eigenvalue weighted by atomic mass is 79.9. The summed E-state index contributed by atoms with van der Waals surface area (Å²) in [7, 11) is 0. The van der Waals surface area contributed by atoms with E-state index >= 15 is 0 Å². The Kier molecular flexibility index (Phi) is 4.60. The lowest BCUT2D eigenvalue weighted by Crippen LogP contribution is -2.07. The van der Waals surface area contributed by atoms with Crippen LogP contribution >= 0.6 is 50.5 Å². The van der Waals surface area contributed by atoms with E-state index in [1.165, 1.54) is 10.4 Å². The minimum atomic E-state index is 0.535. The van der Waals surface area contributed by atoms with E-state index < -0.39 is 0 Å². The summed E-state index contributed by atoms with van der Waals surface area (Å²) in [5.41, 5.74) is 3.23. The average molecular weight is 443 g/mol. The molecule has 1 N–H and O–H groups in total. The highest BCUT2D eigenvalue weighted by molar-refractivity contribution is 9.11. The van der Waals surface area contributed by atoms with E-state index in [9.17, 15) is 0 Å². The molecule has 1 aromatic carbocycles. The van der Waals surface area contributed by atoms with Gasteiger partial charge in [-0.25, -0.2) is 4.68 Å². The van der Waals surface area contributed by atoms with Gasteiger partial charge in [0.15, 0.2) is 0 Å². The normalized spacial score (nSPS) is 14.1. The lowest BCUT2D eigenvalue weighted by atomic mass is 10.1. The van der Waals surface area contributed by atoms with E-state index in [-0.39, 0.29) is 0 Å². The van der Waals surface area contributed by atoms with Crippen LogP contribution in [0.5, 0.6) is 0 Å². The Balaban J connectivity index is 1.90. The number of rotatable bonds is 2. The maximum Gasteiger partial charge on any atom is 0.133 e. The monoisotopic (exact) mass is 441 g/mol. The van der Waals surface area contributed by atoms with Crippen LogP contribution in [0.3, 0.4) is 0 Å². The Bertz CT molecular complexity index is 903. The number of fused-ring (bicyclic) bond motifs is 1. The maximum absolute atomic E-state index is 6.21. The molecule has 1 aliphatic rings. The molecule has 0 atom stereocenters. The molecule has 0 radical (unpaired) electrons. The van der Waals surface area contributed by atoms with Crippen molar-refractivity contribution in [3.8, 4) is 16.3 Å². The summed E-state index contributed by atoms with van der Waals surface area (Å²) >= 11 is 17.5. The third kappa shape index (κ3) is 2.99. The predicted molar refractivity (Wildman–Crippen MR) is 106 cm³/mol. The van der Waals surface area contributed by atoms with Crippen LogP contribution in [0.1, 0.15) is 18.4 Å². The highest BCUT2D eigenvalue weighted by Gasteiger charge is 2.22. The average Bonchev–Trinajstić information content (AvgIpc) is 3.06. The summed E-state index contributed by atoms with van der Waals surface area (Å²) in [6, 6.07) is 9.79. The van der Waals surface area contributed by atoms with Gasteiger partial charge in [0.2, 0.25) is 0 Å². The lowest BCUT2D eigenvalue weighted by molar-refractivity contribution is 0.780. The molecule has 3 aromatic rings. The van der Waals surface area contributed by atoms with Gasteiger partial charge >= 0.3 is 0 Å². The number of halogens is 3. The van der Waals surface area contributed by atoms with Crippen molar-refractivity contribution in [2.75, 3.05) is 11.9 Å². The Morgan fingerprint density at radius 2 is 2.00 bits per heavy atom. The molecule has 0 amide bonds. The molecular formula is C17H14BrCl2N3S. The van der Waals surface area contributed by atoms with Crippen molar-refractivity contribution in [2.24, 2.45) is 0 Å². The Morgan fingerprint density at radius 3 is 2.75 bits per heavy atom. The summed E-state index contributed by atoms with van der Waals surface area (Å²) in [6.07, 6.45) is 3.34. The number of aromatic nitrogens is 2. The first kappa shape index (κ1) is 16.5. The summed E-state index contributed by atoms with van der Waals surface area (Å²) in [4.78, 5) is 1.17. The van der Waals surface area contributed by atoms with Crippen molar-refractivity contribution in [1.82, 2.24) is 9.78 Å². The minimum absolute atomic E-state index is 0.535. The van der Waals surface area contributed by atoms with Crippen LogP contribution in [0, 0.1) is 0 Å². The Labute approximate surface area is 162 Å². The van der Waals surface area contributed by atoms with Crippen molar-refractivity contribution in [3.63, 3.8) is 0 Å². The van der Waals surface area contributed by atoms with Gasteiger partial charge in [0.1, 0.15) is 11.5 Å². The number of thiophene rings is 1. The second-order valence-corrected chi connectivity index (χ2v) is 8.95. The van der Waals surface area contributed by atoms with E-state index in [4.69, 9.17) is 28.3 Å². The highest BCUT2D eigenvalue weighted by Crippen LogP contribution is 2.38. The number of anilines is 1. The molecule has 7 heteroatoms. The van der Waals surface area contributed by atoms with Gasteiger partial charge in [0, 0.05) is 12.1 Å². The SMILES string of the molecule is Clc1ccc(-n2nc(-c3ccc(Br)s3)c3c2NCCCC3)cc1Cl. The maximum atomic E-state index is 6.21. The zero-order valence-corrected chi connectivity index (χ0v) is 16.6. The molecule has 0 unspecified atom stereocenters. The topological polar surface area (TPSA) is 29.9 Å². The number of nitrogens with zero attached hydrogens (tertiary/aromatic N) is 2. The van der Waals surface area contributed by atoms with Crippen molar-refractivity contribution in [3.05, 3.63) is 49.7 Å². The van der Waals surface area contributed by atoms with E-state index in [1.54, 1.807) is 11.3 Å². The third-order valence-corrected chi connectivity index (χ3v) is 6.45. The van der Waals surface area contributed by atoms with Gasteiger partial charge in [-0.1, -0.05) is 23.2 Å². The standard InChI is InChI=1S/C17H14BrCl2N3S/c18-15-7-6-14(24-15)16-11-3-1-2-8-21-17(11)23(22-16)10-4-5-12(19)13(20)9-10/h4-7,9,21H,1-3,8H2. The van der Waals surface area contributed by atoms with E-state index in [0.29, 0.717) is 10.0 Å². The molecular weight excluding hydrogens is 429 g/mol. The van der Waals surface area contributed by atoms with Crippen LogP contribution in [0.2, 0.25) is 10.0 Å². The molecule has 2 aromatic heterocycles. The van der Waals surface area contributed by atoms with E-state index in [2.05, 4.69) is 33.4 Å². The zero-order chi connectivity index (χ0) is 16.7. The van der Waals surface area contributed by atoms with Crippen molar-refractivity contribution in [2.45, 2.75) is 19.3 Å². The lowest BCUT2D eigenvalue weighted by Gasteiger charge is -2.10. The quantitative estimate of drug-likeness (QED) is 0.496. The largest absolute Gasteiger partial charge is 0.370 e. The predicted octanol–water partition coefficient (Wildman–Crippen LogP) is 6.42. The van der Waals surface area contributed by atoms with Gasteiger partial charge in [0.05, 0.1) is 24.4 Å². The first-order chi connectivity index (χ1) is 11.6. The third-order valence-electron chi connectivity index (χ3n) is 4.08. The number of nitrogens with one attached hydrogen (secondary N) is 1. The number of hydrogen-bond acceptors (Lipinski definition) is 3. The molecule has 0 aliphatic carbocycles. The van der Waals surface area contributed by atoms with Crippen LogP contribution in [-0.4, -0.2) is 16.3 Å². The Morgan fingerprint density at radius 1 is 1.12 bits per heavy atom. The summed E-state index contributed by atoms with van der Waals surface area (Å²) < 4.78 is 3.06. The first-order valence-corrected chi connectivity index (χ1v) is 10.1. The zero-order valence-electron chi connectivity index (χ0n) is 12.7. The smallest absolute Gasteiger partial charge is 0.133 e. The first-order valence-electron chi connectivity index (χ1n) is 7.70. The molecule has 0 saturated carbocycles. The molecule has 1 aliphatic heterocycles. The molecule has 0 spiro atoms. The number of benzene rings is 1. The van der Waals surface area contributed by atoms with Gasteiger partial charge in [0.25, 0.3) is 0 Å². The number of hydrogen-bond donors (Lipinski definition) is 1. The van der Waals surface area contributed by atoms with E-state index in [0.717, 1.165) is 46.8 Å². The second kappa shape index (κ2) is 6.71. The molecule has 0 fully saturated rings. The van der Waals surface area contributed by atoms with Crippen LogP contribution < -0.4 is 5.32 Å². The van der Waals surface area contributed by atoms with E-state index in [1.807, 2.05) is 22.9 Å². The summed E-state index contributed by atoms with van der Waals surface area (Å²) in [5, 5.41) is 9.53. The fraction of sp³-hybridized carbons (Fsp3) is 0.235. The van der Waals surface area contributed by atoms with Crippen LogP contribution in [-0.2, 0) is 6.42 Å². The van der Waals surface area contributed by atoms with Crippen molar-refractivity contribution < 1.29 is 0 Å². The molecule has 0 saturated heterocycles. The van der Waals surface area contributed by atoms with Gasteiger partial charge in [-0.05, 0) is 65.5 Å². The molecule has 0 bridgehead atoms. The van der Waals surface area contributed by atoms with Crippen molar-refractivity contribution in [1.29, 1.82) is 0 Å². The molecule has 4 rings (SSSR count). The fourth-order valence-corrected chi connectivity index (χ4v) is 4.64. The molecule has 3 nitrogen and oxygen atoms in total.